The van der Waals surface area contributed by atoms with Crippen molar-refractivity contribution in [3.63, 3.8) is 0 Å². The molecule has 0 unspecified atom stereocenters. The molecule has 0 amide bonds. The summed E-state index contributed by atoms with van der Waals surface area (Å²) in [6.45, 7) is 11.5. The normalized spacial score (nSPS) is 11.3. The Balaban J connectivity index is 0.000000209. The van der Waals surface area contributed by atoms with Crippen molar-refractivity contribution in [3.8, 4) is 33.6 Å². The van der Waals surface area contributed by atoms with Gasteiger partial charge in [0.05, 0.1) is 13.7 Å². The predicted octanol–water partition coefficient (Wildman–Crippen LogP) is 10.4. The molecule has 7 rings (SSSR count). The molecule has 0 aliphatic rings. The SMILES string of the molecule is CC(C)Cc1ccnc(-c2[c-]ccc3c2oc2ccc(-c4ccccc4)cc23)c1.C[Si](C)(C)c1ccc(-c2[c-]cccc2)nc1.[Ir]. The van der Waals surface area contributed by atoms with E-state index in [1.54, 1.807) is 0 Å². The van der Waals surface area contributed by atoms with Crippen molar-refractivity contribution in [2.75, 3.05) is 0 Å². The van der Waals surface area contributed by atoms with Crippen LogP contribution in [0.15, 0.2) is 126 Å². The van der Waals surface area contributed by atoms with Gasteiger partial charge in [0.1, 0.15) is 5.58 Å². The summed E-state index contributed by atoms with van der Waals surface area (Å²) in [6, 6.07) is 43.9. The third kappa shape index (κ3) is 7.62. The van der Waals surface area contributed by atoms with Gasteiger partial charge in [0.2, 0.25) is 0 Å². The molecular weight excluding hydrogens is 757 g/mol. The fraction of sp³-hybridized carbons (Fsp3) is 0.171. The van der Waals surface area contributed by atoms with Gasteiger partial charge in [-0.2, -0.15) is 0 Å². The second-order valence-corrected chi connectivity index (χ2v) is 18.0. The molecule has 3 aromatic heterocycles. The van der Waals surface area contributed by atoms with Crippen molar-refractivity contribution in [2.45, 2.75) is 39.9 Å². The smallest absolute Gasteiger partial charge is 0.120 e. The molecule has 46 heavy (non-hydrogen) atoms. The van der Waals surface area contributed by atoms with Gasteiger partial charge in [-0.1, -0.05) is 105 Å². The van der Waals surface area contributed by atoms with Crippen LogP contribution in [-0.2, 0) is 26.5 Å². The number of rotatable bonds is 6. The van der Waals surface area contributed by atoms with Crippen LogP contribution in [0.25, 0.3) is 55.6 Å². The van der Waals surface area contributed by atoms with Crippen LogP contribution < -0.4 is 5.19 Å². The molecule has 0 aliphatic heterocycles. The molecular formula is C41H38IrN2OSi-2. The molecule has 0 saturated carbocycles. The first kappa shape index (κ1) is 33.2. The first-order chi connectivity index (χ1) is 21.8. The molecule has 1 radical (unpaired) electrons. The van der Waals surface area contributed by atoms with Gasteiger partial charge in [0.15, 0.2) is 0 Å². The summed E-state index contributed by atoms with van der Waals surface area (Å²) in [7, 11) is -1.23. The second-order valence-electron chi connectivity index (χ2n) is 12.9. The van der Waals surface area contributed by atoms with Crippen molar-refractivity contribution in [1.82, 2.24) is 9.97 Å². The fourth-order valence-electron chi connectivity index (χ4n) is 5.50. The predicted molar refractivity (Wildman–Crippen MR) is 191 cm³/mol. The van der Waals surface area contributed by atoms with Crippen LogP contribution >= 0.6 is 0 Å². The minimum Gasteiger partial charge on any atom is -0.501 e. The zero-order valence-electron chi connectivity index (χ0n) is 27.0. The van der Waals surface area contributed by atoms with E-state index in [1.807, 2.05) is 48.8 Å². The van der Waals surface area contributed by atoms with E-state index in [2.05, 4.69) is 128 Å². The van der Waals surface area contributed by atoms with Crippen molar-refractivity contribution in [3.05, 3.63) is 139 Å². The van der Waals surface area contributed by atoms with E-state index in [0.29, 0.717) is 5.92 Å². The van der Waals surface area contributed by atoms with E-state index >= 15 is 0 Å². The molecule has 4 aromatic carbocycles. The summed E-state index contributed by atoms with van der Waals surface area (Å²) in [4.78, 5) is 9.13. The fourth-order valence-corrected chi connectivity index (χ4v) is 6.54. The van der Waals surface area contributed by atoms with Crippen LogP contribution in [0.3, 0.4) is 0 Å². The third-order valence-electron chi connectivity index (χ3n) is 7.88. The maximum Gasteiger partial charge on any atom is 0.120 e. The number of pyridine rings is 2. The van der Waals surface area contributed by atoms with Crippen LogP contribution in [0.1, 0.15) is 19.4 Å². The number of benzene rings is 4. The molecule has 0 saturated heterocycles. The molecule has 0 N–H and O–H groups in total. The van der Waals surface area contributed by atoms with E-state index in [-0.39, 0.29) is 20.1 Å². The molecule has 0 fully saturated rings. The molecule has 0 atom stereocenters. The Kier molecular flexibility index (Phi) is 10.5. The number of furan rings is 1. The molecule has 3 heterocycles. The van der Waals surface area contributed by atoms with Gasteiger partial charge < -0.3 is 14.4 Å². The van der Waals surface area contributed by atoms with Crippen LogP contribution in [0.4, 0.5) is 0 Å². The number of hydrogen-bond donors (Lipinski definition) is 0. The third-order valence-corrected chi connectivity index (χ3v) is 9.91. The maximum atomic E-state index is 6.28. The van der Waals surface area contributed by atoms with Gasteiger partial charge in [0.25, 0.3) is 0 Å². The Morgan fingerprint density at radius 1 is 0.717 bits per heavy atom. The summed E-state index contributed by atoms with van der Waals surface area (Å²) in [5.41, 5.74) is 9.31. The largest absolute Gasteiger partial charge is 0.501 e. The van der Waals surface area contributed by atoms with Crippen molar-refractivity contribution in [2.24, 2.45) is 5.92 Å². The van der Waals surface area contributed by atoms with E-state index < -0.39 is 8.07 Å². The standard InChI is InChI=1S/C27H22NO.C14H16NSi.Ir/c1-18(2)15-19-13-14-28-25(16-19)23-10-6-9-22-24-17-21(20-7-4-3-5-8-20)11-12-26(24)29-27(22)23;1-16(2,3)13-9-10-14(15-11-13)12-7-5-4-6-8-12;/h3-9,11-14,16-18H,15H2,1-2H3;4-7,9-11H,1-3H3;/q2*-1;. The number of aromatic nitrogens is 2. The molecule has 0 bridgehead atoms. The minimum absolute atomic E-state index is 0. The molecule has 5 heteroatoms. The monoisotopic (exact) mass is 795 g/mol. The van der Waals surface area contributed by atoms with Crippen LogP contribution in [-0.4, -0.2) is 18.0 Å². The van der Waals surface area contributed by atoms with Crippen molar-refractivity contribution >= 4 is 35.2 Å². The van der Waals surface area contributed by atoms with Gasteiger partial charge >= 0.3 is 0 Å². The molecule has 0 aliphatic carbocycles. The average molecular weight is 795 g/mol. The summed E-state index contributed by atoms with van der Waals surface area (Å²) < 4.78 is 6.28. The Morgan fingerprint density at radius 2 is 1.52 bits per heavy atom. The van der Waals surface area contributed by atoms with Crippen molar-refractivity contribution in [1.29, 1.82) is 0 Å². The first-order valence-electron chi connectivity index (χ1n) is 15.6. The summed E-state index contributed by atoms with van der Waals surface area (Å²) >= 11 is 0. The van der Waals surface area contributed by atoms with Gasteiger partial charge in [-0.25, -0.2) is 0 Å². The molecule has 233 valence electrons. The average Bonchev–Trinajstić information content (AvgIpc) is 3.44. The van der Waals surface area contributed by atoms with E-state index in [0.717, 1.165) is 50.9 Å². The number of nitrogens with zero attached hydrogens (tertiary/aromatic N) is 2. The Hall–Kier alpha value is -4.15. The zero-order valence-corrected chi connectivity index (χ0v) is 30.4. The van der Waals surface area contributed by atoms with E-state index in [4.69, 9.17) is 4.42 Å². The van der Waals surface area contributed by atoms with Gasteiger partial charge in [-0.05, 0) is 58.2 Å². The number of fused-ring (bicyclic) bond motifs is 3. The molecule has 3 nitrogen and oxygen atoms in total. The quantitative estimate of drug-likeness (QED) is 0.124. The van der Waals surface area contributed by atoms with E-state index in [9.17, 15) is 0 Å². The summed E-state index contributed by atoms with van der Waals surface area (Å²) in [6.07, 6.45) is 4.93. The first-order valence-corrected chi connectivity index (χ1v) is 19.1. The van der Waals surface area contributed by atoms with Crippen LogP contribution in [0.5, 0.6) is 0 Å². The van der Waals surface area contributed by atoms with Crippen LogP contribution in [0.2, 0.25) is 19.6 Å². The van der Waals surface area contributed by atoms with Gasteiger partial charge in [-0.15, -0.1) is 54.1 Å². The van der Waals surface area contributed by atoms with E-state index in [1.165, 1.54) is 21.9 Å². The Labute approximate surface area is 287 Å². The van der Waals surface area contributed by atoms with Gasteiger partial charge in [0, 0.05) is 37.9 Å². The number of hydrogen-bond acceptors (Lipinski definition) is 3. The van der Waals surface area contributed by atoms with Crippen LogP contribution in [0, 0.1) is 18.1 Å². The Morgan fingerprint density at radius 3 is 2.22 bits per heavy atom. The zero-order chi connectivity index (χ0) is 31.4. The minimum atomic E-state index is -1.23. The Bertz CT molecular complexity index is 2030. The summed E-state index contributed by atoms with van der Waals surface area (Å²) in [5.74, 6) is 0.604. The maximum absolute atomic E-state index is 6.28. The van der Waals surface area contributed by atoms with Crippen molar-refractivity contribution < 1.29 is 24.5 Å². The summed E-state index contributed by atoms with van der Waals surface area (Å²) in [5, 5.41) is 3.62. The van der Waals surface area contributed by atoms with Gasteiger partial charge in [-0.3, -0.25) is 0 Å². The second kappa shape index (κ2) is 14.5. The topological polar surface area (TPSA) is 38.9 Å². The molecule has 7 aromatic rings. The molecule has 0 spiro atoms.